The summed E-state index contributed by atoms with van der Waals surface area (Å²) in [5, 5.41) is 3.64. The first-order valence-corrected chi connectivity index (χ1v) is 10.1. The van der Waals surface area contributed by atoms with Crippen LogP contribution in [-0.4, -0.2) is 40.3 Å². The van der Waals surface area contributed by atoms with Crippen molar-refractivity contribution in [2.75, 3.05) is 6.54 Å². The minimum atomic E-state index is -0.362. The summed E-state index contributed by atoms with van der Waals surface area (Å²) in [4.78, 5) is 37.8. The molecule has 1 aliphatic carbocycles. The lowest BCUT2D eigenvalue weighted by Gasteiger charge is -2.35. The van der Waals surface area contributed by atoms with Crippen LogP contribution in [0.5, 0.6) is 0 Å². The van der Waals surface area contributed by atoms with Crippen molar-refractivity contribution in [3.05, 3.63) is 35.4 Å². The quantitative estimate of drug-likeness (QED) is 0.405. The van der Waals surface area contributed by atoms with Gasteiger partial charge in [0.1, 0.15) is 0 Å². The van der Waals surface area contributed by atoms with Crippen LogP contribution in [0.2, 0.25) is 0 Å². The van der Waals surface area contributed by atoms with Crippen LogP contribution in [-0.2, 0) is 4.79 Å². The molecule has 3 amide bonds. The van der Waals surface area contributed by atoms with Crippen LogP contribution in [0.3, 0.4) is 0 Å². The summed E-state index contributed by atoms with van der Waals surface area (Å²) >= 11 is 5.27. The highest BCUT2D eigenvalue weighted by Gasteiger charge is 2.35. The maximum Gasteiger partial charge on any atom is 0.261 e. The van der Waals surface area contributed by atoms with E-state index in [1.807, 2.05) is 0 Å². The first-order valence-electron chi connectivity index (χ1n) is 9.69. The summed E-state index contributed by atoms with van der Waals surface area (Å²) in [6.07, 6.45) is 3.45. The number of nitrogens with zero attached hydrogens (tertiary/aromatic N) is 1. The van der Waals surface area contributed by atoms with Crippen molar-refractivity contribution in [3.8, 4) is 0 Å². The zero-order chi connectivity index (χ0) is 20.3. The van der Waals surface area contributed by atoms with Gasteiger partial charge in [-0.2, -0.15) is 0 Å². The summed E-state index contributed by atoms with van der Waals surface area (Å²) in [7, 11) is 0. The minimum Gasteiger partial charge on any atom is -0.358 e. The number of rotatable bonds is 4. The first kappa shape index (κ1) is 20.3. The summed E-state index contributed by atoms with van der Waals surface area (Å²) in [6.45, 7) is 4.48. The van der Waals surface area contributed by atoms with Gasteiger partial charge in [0.05, 0.1) is 11.1 Å². The monoisotopic (exact) mass is 402 g/mol. The Morgan fingerprint density at radius 2 is 1.75 bits per heavy atom. The molecule has 1 saturated carbocycles. The van der Waals surface area contributed by atoms with Gasteiger partial charge in [0.15, 0.2) is 5.11 Å². The average Bonchev–Trinajstić information content (AvgIpc) is 2.93. The molecule has 150 valence electrons. The number of carbonyl (C=O) groups excluding carboxylic acids is 3. The SMILES string of the molecule is C[C@H]1[C@@H](NC(=S)NNC(=O)CCN2C(=O)c3ccccc3C2=O)CCC[C@@H]1C. The molecule has 0 aromatic heterocycles. The van der Waals surface area contributed by atoms with Crippen molar-refractivity contribution >= 4 is 35.1 Å². The van der Waals surface area contributed by atoms with Crippen LogP contribution < -0.4 is 16.2 Å². The smallest absolute Gasteiger partial charge is 0.261 e. The van der Waals surface area contributed by atoms with Crippen molar-refractivity contribution in [1.29, 1.82) is 0 Å². The van der Waals surface area contributed by atoms with E-state index in [1.165, 1.54) is 12.8 Å². The highest BCUT2D eigenvalue weighted by Crippen LogP contribution is 2.29. The number of hydrogen-bond donors (Lipinski definition) is 3. The standard InChI is InChI=1S/C20H26N4O3S/c1-12-6-5-9-16(13(12)2)21-20(28)23-22-17(25)10-11-24-18(26)14-7-3-4-8-15(14)19(24)27/h3-4,7-8,12-13,16H,5-6,9-11H2,1-2H3,(H,22,25)(H2,21,23,28)/t12-,13+,16-/m0/s1. The predicted molar refractivity (Wildman–Crippen MR) is 109 cm³/mol. The topological polar surface area (TPSA) is 90.5 Å². The first-order chi connectivity index (χ1) is 13.4. The number of thiocarbonyl (C=S) groups is 1. The highest BCUT2D eigenvalue weighted by molar-refractivity contribution is 7.80. The molecule has 0 unspecified atom stereocenters. The van der Waals surface area contributed by atoms with Gasteiger partial charge in [-0.1, -0.05) is 38.8 Å². The maximum atomic E-state index is 12.3. The van der Waals surface area contributed by atoms with Crippen molar-refractivity contribution in [1.82, 2.24) is 21.1 Å². The van der Waals surface area contributed by atoms with E-state index in [9.17, 15) is 14.4 Å². The Balaban J connectivity index is 1.42. The molecule has 3 N–H and O–H groups in total. The highest BCUT2D eigenvalue weighted by atomic mass is 32.1. The van der Waals surface area contributed by atoms with E-state index in [0.29, 0.717) is 34.1 Å². The van der Waals surface area contributed by atoms with Gasteiger partial charge in [-0.05, 0) is 42.6 Å². The number of amides is 3. The number of fused-ring (bicyclic) bond motifs is 1. The third-order valence-corrected chi connectivity index (χ3v) is 6.00. The van der Waals surface area contributed by atoms with Crippen molar-refractivity contribution < 1.29 is 14.4 Å². The molecule has 2 aliphatic rings. The predicted octanol–water partition coefficient (Wildman–Crippen LogP) is 1.99. The number of imide groups is 1. The maximum absolute atomic E-state index is 12.3. The van der Waals surface area contributed by atoms with Gasteiger partial charge in [-0.15, -0.1) is 0 Å². The average molecular weight is 403 g/mol. The van der Waals surface area contributed by atoms with Gasteiger partial charge in [0.25, 0.3) is 11.8 Å². The van der Waals surface area contributed by atoms with E-state index < -0.39 is 0 Å². The molecule has 0 bridgehead atoms. The fourth-order valence-electron chi connectivity index (χ4n) is 3.83. The largest absolute Gasteiger partial charge is 0.358 e. The van der Waals surface area contributed by atoms with E-state index >= 15 is 0 Å². The molecule has 1 aliphatic heterocycles. The Labute approximate surface area is 170 Å². The molecule has 1 aromatic carbocycles. The van der Waals surface area contributed by atoms with Crippen LogP contribution in [0.4, 0.5) is 0 Å². The molecule has 0 saturated heterocycles. The van der Waals surface area contributed by atoms with E-state index in [2.05, 4.69) is 30.0 Å². The lowest BCUT2D eigenvalue weighted by molar-refractivity contribution is -0.121. The third kappa shape index (κ3) is 4.32. The lowest BCUT2D eigenvalue weighted by atomic mass is 9.78. The number of hydrogen-bond acceptors (Lipinski definition) is 4. The van der Waals surface area contributed by atoms with Crippen molar-refractivity contribution in [3.63, 3.8) is 0 Å². The Morgan fingerprint density at radius 3 is 2.39 bits per heavy atom. The molecule has 0 spiro atoms. The molecule has 3 atom stereocenters. The zero-order valence-electron chi connectivity index (χ0n) is 16.2. The molecule has 3 rings (SSSR count). The van der Waals surface area contributed by atoms with Gasteiger partial charge in [-0.25, -0.2) is 0 Å². The summed E-state index contributed by atoms with van der Waals surface area (Å²) < 4.78 is 0. The summed E-state index contributed by atoms with van der Waals surface area (Å²) in [6, 6.07) is 6.96. The molecule has 28 heavy (non-hydrogen) atoms. The van der Waals surface area contributed by atoms with E-state index in [1.54, 1.807) is 24.3 Å². The summed E-state index contributed by atoms with van der Waals surface area (Å²) in [5.74, 6) is 0.0880. The minimum absolute atomic E-state index is 0.00204. The van der Waals surface area contributed by atoms with Crippen molar-refractivity contribution in [2.45, 2.75) is 45.6 Å². The van der Waals surface area contributed by atoms with Crippen LogP contribution in [0.1, 0.15) is 60.2 Å². The molecule has 1 heterocycles. The fourth-order valence-corrected chi connectivity index (χ4v) is 4.04. The molecule has 1 fully saturated rings. The van der Waals surface area contributed by atoms with Gasteiger partial charge in [0, 0.05) is 19.0 Å². The molecular formula is C20H26N4O3S. The number of carbonyl (C=O) groups is 3. The number of nitrogens with one attached hydrogen (secondary N) is 3. The van der Waals surface area contributed by atoms with E-state index in [0.717, 1.165) is 11.3 Å². The van der Waals surface area contributed by atoms with Crippen LogP contribution in [0.25, 0.3) is 0 Å². The second kappa shape index (κ2) is 8.68. The summed E-state index contributed by atoms with van der Waals surface area (Å²) in [5.41, 5.74) is 6.01. The Kier molecular flexibility index (Phi) is 6.28. The number of hydrazine groups is 1. The number of benzene rings is 1. The fraction of sp³-hybridized carbons (Fsp3) is 0.500. The van der Waals surface area contributed by atoms with Gasteiger partial charge in [-0.3, -0.25) is 30.1 Å². The molecule has 8 heteroatoms. The van der Waals surface area contributed by atoms with Gasteiger partial charge in [0.2, 0.25) is 5.91 Å². The normalized spacial score (nSPS) is 23.9. The van der Waals surface area contributed by atoms with E-state index in [4.69, 9.17) is 12.2 Å². The molecular weight excluding hydrogens is 376 g/mol. The Bertz CT molecular complexity index is 762. The molecule has 7 nitrogen and oxygen atoms in total. The molecule has 0 radical (unpaired) electrons. The Morgan fingerprint density at radius 1 is 1.11 bits per heavy atom. The van der Waals surface area contributed by atoms with Crippen molar-refractivity contribution in [2.24, 2.45) is 11.8 Å². The zero-order valence-corrected chi connectivity index (χ0v) is 17.0. The van der Waals surface area contributed by atoms with Crippen LogP contribution in [0, 0.1) is 11.8 Å². The second-order valence-electron chi connectivity index (χ2n) is 7.58. The lowest BCUT2D eigenvalue weighted by Crippen LogP contribution is -2.52. The second-order valence-corrected chi connectivity index (χ2v) is 7.99. The van der Waals surface area contributed by atoms with Gasteiger partial charge < -0.3 is 5.32 Å². The third-order valence-electron chi connectivity index (χ3n) is 5.78. The van der Waals surface area contributed by atoms with Crippen LogP contribution in [0.15, 0.2) is 24.3 Å². The molecule has 1 aromatic rings. The van der Waals surface area contributed by atoms with Crippen LogP contribution >= 0.6 is 12.2 Å². The van der Waals surface area contributed by atoms with E-state index in [-0.39, 0.29) is 30.7 Å². The Hall–Kier alpha value is -2.48. The van der Waals surface area contributed by atoms with Gasteiger partial charge >= 0.3 is 0 Å².